The molecule has 0 aromatic heterocycles. The quantitative estimate of drug-likeness (QED) is 0.796. The first-order valence-electron chi connectivity index (χ1n) is 6.19. The molecule has 1 N–H and O–H groups in total. The van der Waals surface area contributed by atoms with Gasteiger partial charge in [0.25, 0.3) is 0 Å². The molecule has 1 unspecified atom stereocenters. The molecule has 2 aliphatic rings. The Kier molecular flexibility index (Phi) is 4.21. The smallest absolute Gasteiger partial charge is 0.322 e. The van der Waals surface area contributed by atoms with Gasteiger partial charge in [-0.2, -0.15) is 12.7 Å². The van der Waals surface area contributed by atoms with Crippen LogP contribution in [0.25, 0.3) is 0 Å². The predicted octanol–water partition coefficient (Wildman–Crippen LogP) is 0.198. The number of piperidine rings is 1. The number of hydrogen-bond acceptors (Lipinski definition) is 4. The van der Waals surface area contributed by atoms with Crippen molar-refractivity contribution in [3.63, 3.8) is 0 Å². The largest absolute Gasteiger partial charge is 0.480 e. The SMILES string of the molecule is O=C(O)C1CCCCN1S(=O)(=O)N1CCCCO1. The Morgan fingerprint density at radius 2 is 1.89 bits per heavy atom. The zero-order chi connectivity index (χ0) is 13.2. The van der Waals surface area contributed by atoms with Crippen molar-refractivity contribution in [2.24, 2.45) is 0 Å². The van der Waals surface area contributed by atoms with Crippen molar-refractivity contribution < 1.29 is 23.2 Å². The van der Waals surface area contributed by atoms with Gasteiger partial charge < -0.3 is 5.11 Å². The standard InChI is InChI=1S/C10H18N2O5S/c13-10(14)9-5-1-2-6-11(9)18(15,16)12-7-3-4-8-17-12/h9H,1-8H2,(H,13,14). The third-order valence-electron chi connectivity index (χ3n) is 3.26. The minimum Gasteiger partial charge on any atom is -0.480 e. The maximum Gasteiger partial charge on any atom is 0.322 e. The Bertz CT molecular complexity index is 404. The Balaban J connectivity index is 2.18. The highest BCUT2D eigenvalue weighted by Crippen LogP contribution is 2.24. The summed E-state index contributed by atoms with van der Waals surface area (Å²) in [4.78, 5) is 16.3. The minimum absolute atomic E-state index is 0.249. The molecule has 2 saturated heterocycles. The molecule has 0 saturated carbocycles. The number of aliphatic carboxylic acids is 1. The summed E-state index contributed by atoms with van der Waals surface area (Å²) < 4.78 is 26.6. The Morgan fingerprint density at radius 3 is 2.50 bits per heavy atom. The van der Waals surface area contributed by atoms with Crippen LogP contribution >= 0.6 is 0 Å². The van der Waals surface area contributed by atoms with E-state index in [-0.39, 0.29) is 6.54 Å². The molecule has 2 fully saturated rings. The first kappa shape index (κ1) is 13.7. The number of carbonyl (C=O) groups is 1. The van der Waals surface area contributed by atoms with E-state index in [2.05, 4.69) is 0 Å². The molecule has 2 heterocycles. The summed E-state index contributed by atoms with van der Waals surface area (Å²) in [6.45, 7) is 0.912. The third kappa shape index (κ3) is 2.66. The van der Waals surface area contributed by atoms with Gasteiger partial charge >= 0.3 is 16.2 Å². The monoisotopic (exact) mass is 278 g/mol. The average Bonchev–Trinajstić information content (AvgIpc) is 2.39. The van der Waals surface area contributed by atoms with Crippen LogP contribution < -0.4 is 0 Å². The summed E-state index contributed by atoms with van der Waals surface area (Å²) in [5, 5.41) is 9.10. The van der Waals surface area contributed by atoms with Gasteiger partial charge in [0.2, 0.25) is 0 Å². The summed E-state index contributed by atoms with van der Waals surface area (Å²) in [6.07, 6.45) is 3.36. The highest BCUT2D eigenvalue weighted by molar-refractivity contribution is 7.86. The second-order valence-electron chi connectivity index (χ2n) is 4.54. The van der Waals surface area contributed by atoms with Gasteiger partial charge in [0.05, 0.1) is 6.61 Å². The lowest BCUT2D eigenvalue weighted by molar-refractivity contribution is -0.143. The summed E-state index contributed by atoms with van der Waals surface area (Å²) in [7, 11) is -3.82. The molecule has 0 amide bonds. The van der Waals surface area contributed by atoms with Gasteiger partial charge in [0, 0.05) is 13.1 Å². The van der Waals surface area contributed by atoms with Crippen molar-refractivity contribution in [3.05, 3.63) is 0 Å². The van der Waals surface area contributed by atoms with Crippen molar-refractivity contribution >= 4 is 16.2 Å². The van der Waals surface area contributed by atoms with Crippen LogP contribution in [0.3, 0.4) is 0 Å². The van der Waals surface area contributed by atoms with E-state index in [0.29, 0.717) is 26.0 Å². The number of carboxylic acid groups (broad SMARTS) is 1. The van der Waals surface area contributed by atoms with E-state index in [1.54, 1.807) is 0 Å². The molecule has 104 valence electrons. The van der Waals surface area contributed by atoms with Crippen molar-refractivity contribution in [2.45, 2.75) is 38.1 Å². The van der Waals surface area contributed by atoms with Gasteiger partial charge in [-0.05, 0) is 32.1 Å². The Hall–Kier alpha value is -0.700. The third-order valence-corrected chi connectivity index (χ3v) is 5.10. The fourth-order valence-electron chi connectivity index (χ4n) is 2.30. The second kappa shape index (κ2) is 5.52. The first-order valence-corrected chi connectivity index (χ1v) is 7.58. The van der Waals surface area contributed by atoms with Gasteiger partial charge in [-0.3, -0.25) is 9.63 Å². The molecule has 0 bridgehead atoms. The molecule has 7 nitrogen and oxygen atoms in total. The number of hydrogen-bond donors (Lipinski definition) is 1. The van der Waals surface area contributed by atoms with E-state index in [4.69, 9.17) is 9.94 Å². The minimum atomic E-state index is -3.82. The van der Waals surface area contributed by atoms with Crippen LogP contribution in [0, 0.1) is 0 Å². The molecule has 0 spiro atoms. The molecule has 2 aliphatic heterocycles. The highest BCUT2D eigenvalue weighted by Gasteiger charge is 2.41. The van der Waals surface area contributed by atoms with E-state index in [1.165, 1.54) is 0 Å². The molecule has 8 heteroatoms. The van der Waals surface area contributed by atoms with Crippen LogP contribution in [0.15, 0.2) is 0 Å². The van der Waals surface area contributed by atoms with Crippen LogP contribution in [0.1, 0.15) is 32.1 Å². The Labute approximate surface area is 106 Å². The molecular formula is C10H18N2O5S. The van der Waals surface area contributed by atoms with Crippen LogP contribution in [0.2, 0.25) is 0 Å². The van der Waals surface area contributed by atoms with Crippen LogP contribution in [-0.4, -0.2) is 54.0 Å². The zero-order valence-corrected chi connectivity index (χ0v) is 10.9. The van der Waals surface area contributed by atoms with E-state index in [9.17, 15) is 13.2 Å². The normalized spacial score (nSPS) is 28.1. The van der Waals surface area contributed by atoms with Crippen LogP contribution in [-0.2, 0) is 19.8 Å². The van der Waals surface area contributed by atoms with E-state index in [1.807, 2.05) is 0 Å². The zero-order valence-electron chi connectivity index (χ0n) is 10.1. The number of carboxylic acids is 1. The first-order chi connectivity index (χ1) is 8.53. The lowest BCUT2D eigenvalue weighted by Gasteiger charge is -2.36. The van der Waals surface area contributed by atoms with Crippen molar-refractivity contribution in [1.82, 2.24) is 8.77 Å². The Morgan fingerprint density at radius 1 is 1.17 bits per heavy atom. The van der Waals surface area contributed by atoms with Gasteiger partial charge in [-0.25, -0.2) is 0 Å². The van der Waals surface area contributed by atoms with Gasteiger partial charge in [0.15, 0.2) is 0 Å². The summed E-state index contributed by atoms with van der Waals surface area (Å²) in [5.74, 6) is -1.09. The van der Waals surface area contributed by atoms with E-state index in [0.717, 1.165) is 28.0 Å². The summed E-state index contributed by atoms with van der Waals surface area (Å²) in [5.41, 5.74) is 0. The van der Waals surface area contributed by atoms with Crippen molar-refractivity contribution in [1.29, 1.82) is 0 Å². The maximum absolute atomic E-state index is 12.3. The van der Waals surface area contributed by atoms with Gasteiger partial charge in [-0.15, -0.1) is 0 Å². The van der Waals surface area contributed by atoms with Gasteiger partial charge in [0.1, 0.15) is 6.04 Å². The molecule has 2 rings (SSSR count). The van der Waals surface area contributed by atoms with Crippen LogP contribution in [0.5, 0.6) is 0 Å². The fourth-order valence-corrected chi connectivity index (χ4v) is 3.98. The lowest BCUT2D eigenvalue weighted by atomic mass is 10.1. The molecule has 0 radical (unpaired) electrons. The molecule has 0 aliphatic carbocycles. The molecule has 0 aromatic rings. The molecular weight excluding hydrogens is 260 g/mol. The number of hydroxylamine groups is 1. The second-order valence-corrected chi connectivity index (χ2v) is 6.31. The average molecular weight is 278 g/mol. The summed E-state index contributed by atoms with van der Waals surface area (Å²) in [6, 6.07) is -0.964. The molecule has 18 heavy (non-hydrogen) atoms. The predicted molar refractivity (Wildman–Crippen MR) is 62.8 cm³/mol. The van der Waals surface area contributed by atoms with Crippen molar-refractivity contribution in [2.75, 3.05) is 19.7 Å². The van der Waals surface area contributed by atoms with Crippen molar-refractivity contribution in [3.8, 4) is 0 Å². The van der Waals surface area contributed by atoms with E-state index >= 15 is 0 Å². The van der Waals surface area contributed by atoms with Gasteiger partial charge in [-0.1, -0.05) is 4.47 Å². The number of nitrogens with zero attached hydrogens (tertiary/aromatic N) is 2. The lowest BCUT2D eigenvalue weighted by Crippen LogP contribution is -2.54. The molecule has 1 atom stereocenters. The van der Waals surface area contributed by atoms with E-state index < -0.39 is 22.2 Å². The highest BCUT2D eigenvalue weighted by atomic mass is 32.2. The summed E-state index contributed by atoms with van der Waals surface area (Å²) >= 11 is 0. The maximum atomic E-state index is 12.3. The fraction of sp³-hybridized carbons (Fsp3) is 0.900. The van der Waals surface area contributed by atoms with Crippen LogP contribution in [0.4, 0.5) is 0 Å². The molecule has 0 aromatic carbocycles. The number of rotatable bonds is 3. The topological polar surface area (TPSA) is 87.2 Å².